The summed E-state index contributed by atoms with van der Waals surface area (Å²) in [5.74, 6) is 0. The molecule has 24 heavy (non-hydrogen) atoms. The lowest BCUT2D eigenvalue weighted by atomic mass is 9.96. The third kappa shape index (κ3) is 2.51. The van der Waals surface area contributed by atoms with Crippen molar-refractivity contribution in [1.29, 1.82) is 0 Å². The van der Waals surface area contributed by atoms with Crippen LogP contribution in [-0.2, 0) is 6.54 Å². The van der Waals surface area contributed by atoms with Crippen molar-refractivity contribution >= 4 is 17.4 Å². The van der Waals surface area contributed by atoms with Gasteiger partial charge in [0.15, 0.2) is 0 Å². The van der Waals surface area contributed by atoms with Crippen molar-refractivity contribution in [2.75, 3.05) is 5.32 Å². The minimum atomic E-state index is -0.652. The van der Waals surface area contributed by atoms with E-state index in [4.69, 9.17) is 0 Å². The van der Waals surface area contributed by atoms with E-state index in [1.165, 1.54) is 12.1 Å². The fraction of sp³-hybridized carbons (Fsp3) is 0.250. The number of nitrogens with zero attached hydrogens (tertiary/aromatic N) is 2. The third-order valence-electron chi connectivity index (χ3n) is 4.11. The summed E-state index contributed by atoms with van der Waals surface area (Å²) in [6.07, 6.45) is 0. The van der Waals surface area contributed by atoms with E-state index in [1.54, 1.807) is 29.7 Å². The molecular weight excluding hydrogens is 312 g/mol. The molecule has 1 unspecified atom stereocenters. The summed E-state index contributed by atoms with van der Waals surface area (Å²) in [6.45, 7) is 4.19. The highest BCUT2D eigenvalue weighted by atomic mass is 16.6. The first kappa shape index (κ1) is 15.7. The highest BCUT2D eigenvalue weighted by molar-refractivity contribution is 5.93. The summed E-state index contributed by atoms with van der Waals surface area (Å²) in [6, 6.07) is 6.50. The van der Waals surface area contributed by atoms with Gasteiger partial charge in [-0.3, -0.25) is 14.9 Å². The maximum Gasteiger partial charge on any atom is 0.320 e. The second-order valence-corrected chi connectivity index (χ2v) is 5.54. The summed E-state index contributed by atoms with van der Waals surface area (Å²) in [4.78, 5) is 35.0. The van der Waals surface area contributed by atoms with E-state index < -0.39 is 17.0 Å². The first-order chi connectivity index (χ1) is 11.4. The molecule has 0 saturated carbocycles. The molecule has 8 heteroatoms. The number of aryl methyl sites for hydroxylation is 1. The molecule has 2 amide bonds. The molecule has 0 radical (unpaired) electrons. The average Bonchev–Trinajstić information content (AvgIpc) is 2.54. The van der Waals surface area contributed by atoms with Crippen LogP contribution in [0.2, 0.25) is 0 Å². The fourth-order valence-corrected chi connectivity index (χ4v) is 2.96. The van der Waals surface area contributed by atoms with Gasteiger partial charge in [0.05, 0.1) is 22.2 Å². The molecule has 0 aliphatic carbocycles. The van der Waals surface area contributed by atoms with Gasteiger partial charge >= 0.3 is 6.03 Å². The lowest BCUT2D eigenvalue weighted by molar-refractivity contribution is -0.384. The molecule has 1 atom stereocenters. The van der Waals surface area contributed by atoms with Crippen LogP contribution in [0.3, 0.4) is 0 Å². The molecular formula is C16H16N4O4. The Morgan fingerprint density at radius 1 is 1.25 bits per heavy atom. The van der Waals surface area contributed by atoms with Gasteiger partial charge in [0.1, 0.15) is 0 Å². The number of benzene rings is 1. The third-order valence-corrected chi connectivity index (χ3v) is 4.11. The molecule has 1 aliphatic rings. The fourth-order valence-electron chi connectivity index (χ4n) is 2.96. The molecule has 0 saturated heterocycles. The molecule has 0 bridgehead atoms. The quantitative estimate of drug-likeness (QED) is 0.666. The predicted octanol–water partition coefficient (Wildman–Crippen LogP) is 2.31. The van der Waals surface area contributed by atoms with E-state index in [-0.39, 0.29) is 11.2 Å². The number of anilines is 1. The zero-order chi connectivity index (χ0) is 17.4. The van der Waals surface area contributed by atoms with Crippen molar-refractivity contribution in [2.24, 2.45) is 0 Å². The summed E-state index contributed by atoms with van der Waals surface area (Å²) < 4.78 is 1.62. The van der Waals surface area contributed by atoms with E-state index >= 15 is 0 Å². The Balaban J connectivity index is 2.16. The number of rotatable bonds is 3. The molecule has 124 valence electrons. The summed E-state index contributed by atoms with van der Waals surface area (Å²) >= 11 is 0. The largest absolute Gasteiger partial charge is 0.327 e. The van der Waals surface area contributed by atoms with Crippen LogP contribution in [0.1, 0.15) is 29.8 Å². The summed E-state index contributed by atoms with van der Waals surface area (Å²) in [5.41, 5.74) is 2.02. The highest BCUT2D eigenvalue weighted by Gasteiger charge is 2.30. The van der Waals surface area contributed by atoms with E-state index in [2.05, 4.69) is 10.6 Å². The first-order valence-corrected chi connectivity index (χ1v) is 7.48. The van der Waals surface area contributed by atoms with Gasteiger partial charge in [0, 0.05) is 24.4 Å². The summed E-state index contributed by atoms with van der Waals surface area (Å²) in [5, 5.41) is 16.2. The van der Waals surface area contributed by atoms with Crippen molar-refractivity contribution in [1.82, 2.24) is 9.88 Å². The minimum absolute atomic E-state index is 0.0471. The number of nitro benzene ring substituents is 1. The molecule has 0 spiro atoms. The van der Waals surface area contributed by atoms with Crippen LogP contribution < -0.4 is 16.2 Å². The molecule has 2 aromatic rings. The van der Waals surface area contributed by atoms with Crippen LogP contribution in [0, 0.1) is 17.0 Å². The Morgan fingerprint density at radius 3 is 2.50 bits per heavy atom. The number of carbonyl (C=O) groups is 1. The van der Waals surface area contributed by atoms with Crippen molar-refractivity contribution in [3.63, 3.8) is 0 Å². The maximum atomic E-state index is 12.8. The average molecular weight is 328 g/mol. The highest BCUT2D eigenvalue weighted by Crippen LogP contribution is 2.30. The second-order valence-electron chi connectivity index (χ2n) is 5.54. The van der Waals surface area contributed by atoms with E-state index in [1.807, 2.05) is 6.92 Å². The SMILES string of the molecule is CCn1c(C)cc2c(c1=O)C(c1ccc([N+](=O)[O-])cc1)NC(=O)N2. The van der Waals surface area contributed by atoms with Crippen LogP contribution >= 0.6 is 0 Å². The Bertz CT molecular complexity index is 886. The van der Waals surface area contributed by atoms with E-state index in [0.717, 1.165) is 5.69 Å². The van der Waals surface area contributed by atoms with Crippen LogP contribution in [0.5, 0.6) is 0 Å². The van der Waals surface area contributed by atoms with Crippen molar-refractivity contribution in [2.45, 2.75) is 26.4 Å². The Kier molecular flexibility index (Phi) is 3.80. The van der Waals surface area contributed by atoms with Gasteiger partial charge in [-0.25, -0.2) is 4.79 Å². The number of hydrogen-bond acceptors (Lipinski definition) is 4. The zero-order valence-corrected chi connectivity index (χ0v) is 13.2. The van der Waals surface area contributed by atoms with E-state index in [0.29, 0.717) is 23.4 Å². The lowest BCUT2D eigenvalue weighted by Gasteiger charge is -2.28. The Hall–Kier alpha value is -3.16. The molecule has 0 fully saturated rings. The van der Waals surface area contributed by atoms with Gasteiger partial charge in [-0.05, 0) is 37.6 Å². The van der Waals surface area contributed by atoms with Gasteiger partial charge in [0.2, 0.25) is 0 Å². The second kappa shape index (κ2) is 5.80. The van der Waals surface area contributed by atoms with Gasteiger partial charge < -0.3 is 15.2 Å². The minimum Gasteiger partial charge on any atom is -0.327 e. The van der Waals surface area contributed by atoms with Crippen LogP contribution in [0.4, 0.5) is 16.2 Å². The molecule has 2 heterocycles. The summed E-state index contributed by atoms with van der Waals surface area (Å²) in [7, 11) is 0. The van der Waals surface area contributed by atoms with Crippen LogP contribution in [-0.4, -0.2) is 15.5 Å². The molecule has 1 aromatic carbocycles. The molecule has 2 N–H and O–H groups in total. The molecule has 3 rings (SSSR count). The zero-order valence-electron chi connectivity index (χ0n) is 13.2. The van der Waals surface area contributed by atoms with Crippen LogP contribution in [0.15, 0.2) is 35.1 Å². The number of carbonyl (C=O) groups excluding carboxylic acids is 1. The van der Waals surface area contributed by atoms with Crippen LogP contribution in [0.25, 0.3) is 0 Å². The van der Waals surface area contributed by atoms with E-state index in [9.17, 15) is 19.7 Å². The number of aromatic nitrogens is 1. The Labute approximate surface area is 137 Å². The maximum absolute atomic E-state index is 12.8. The van der Waals surface area contributed by atoms with Gasteiger partial charge in [0.25, 0.3) is 11.2 Å². The number of pyridine rings is 1. The van der Waals surface area contributed by atoms with Crippen molar-refractivity contribution < 1.29 is 9.72 Å². The number of nitro groups is 1. The van der Waals surface area contributed by atoms with Crippen molar-refractivity contribution in [3.05, 3.63) is 67.6 Å². The predicted molar refractivity (Wildman–Crippen MR) is 88.2 cm³/mol. The number of hydrogen-bond donors (Lipinski definition) is 2. The number of urea groups is 1. The number of nitrogens with one attached hydrogen (secondary N) is 2. The Morgan fingerprint density at radius 2 is 1.92 bits per heavy atom. The molecule has 1 aliphatic heterocycles. The first-order valence-electron chi connectivity index (χ1n) is 7.48. The number of amides is 2. The normalized spacial score (nSPS) is 16.1. The lowest BCUT2D eigenvalue weighted by Crippen LogP contribution is -2.43. The van der Waals surface area contributed by atoms with Gasteiger partial charge in [-0.2, -0.15) is 0 Å². The topological polar surface area (TPSA) is 106 Å². The smallest absolute Gasteiger partial charge is 0.320 e. The standard InChI is InChI=1S/C16H16N4O4/c1-3-19-9(2)8-12-13(15(19)21)14(18-16(22)17-12)10-4-6-11(7-5-10)20(23)24/h4-8,14H,3H2,1-2H3,(H2,17,18,22). The van der Waals surface area contributed by atoms with Gasteiger partial charge in [-0.1, -0.05) is 0 Å². The molecule has 1 aromatic heterocycles. The van der Waals surface area contributed by atoms with Gasteiger partial charge in [-0.15, -0.1) is 0 Å². The monoisotopic (exact) mass is 328 g/mol. The molecule has 8 nitrogen and oxygen atoms in total. The number of fused-ring (bicyclic) bond motifs is 1. The van der Waals surface area contributed by atoms with Crippen molar-refractivity contribution in [3.8, 4) is 0 Å². The number of non-ortho nitro benzene ring substituents is 1.